The highest BCUT2D eigenvalue weighted by Crippen LogP contribution is 2.37. The summed E-state index contributed by atoms with van der Waals surface area (Å²) in [5, 5.41) is 21.3. The average molecular weight is 782 g/mol. The van der Waals surface area contributed by atoms with Gasteiger partial charge in [-0.1, -0.05) is 36.4 Å². The molecule has 16 heteroatoms. The van der Waals surface area contributed by atoms with Crippen molar-refractivity contribution in [1.29, 1.82) is 0 Å². The van der Waals surface area contributed by atoms with Crippen molar-refractivity contribution in [3.8, 4) is 5.75 Å². The van der Waals surface area contributed by atoms with Crippen LogP contribution in [0.4, 0.5) is 5.69 Å². The maximum Gasteiger partial charge on any atom is 0.295 e. The molecule has 0 amide bonds. The molecule has 0 spiro atoms. The van der Waals surface area contributed by atoms with Crippen LogP contribution in [0.1, 0.15) is 42.3 Å². The first-order chi connectivity index (χ1) is 24.9. The molecule has 1 unspecified atom stereocenters. The van der Waals surface area contributed by atoms with Gasteiger partial charge in [0.15, 0.2) is 18.5 Å². The molecular weight excluding hydrogens is 745 g/mol. The van der Waals surface area contributed by atoms with Gasteiger partial charge in [-0.25, -0.2) is 4.58 Å². The van der Waals surface area contributed by atoms with Crippen molar-refractivity contribution in [3.63, 3.8) is 0 Å². The molecule has 1 aliphatic carbocycles. The van der Waals surface area contributed by atoms with Gasteiger partial charge >= 0.3 is 0 Å². The van der Waals surface area contributed by atoms with Gasteiger partial charge in [-0.3, -0.25) is 13.7 Å². The zero-order valence-corrected chi connectivity index (χ0v) is 30.9. The fraction of sp³-hybridized carbons (Fsp3) is 0.162. The lowest BCUT2D eigenvalue weighted by atomic mass is 9.90. The van der Waals surface area contributed by atoms with Crippen LogP contribution in [0.2, 0.25) is 0 Å². The summed E-state index contributed by atoms with van der Waals surface area (Å²) < 4.78 is 102. The van der Waals surface area contributed by atoms with Crippen LogP contribution in [-0.2, 0) is 36.9 Å². The molecule has 0 bridgehead atoms. The van der Waals surface area contributed by atoms with E-state index in [1.807, 2.05) is 18.4 Å². The van der Waals surface area contributed by atoms with E-state index in [1.165, 1.54) is 54.6 Å². The molecular formula is C37H37N2O11S3+. The smallest absolute Gasteiger partial charge is 0.295 e. The standard InChI is InChI=1S/C37H36N2O11S3/c1-3-38(24-25-6-5-7-33(22-25)52(45,46)47)29-14-8-26(9-15-29)36(34-21-18-31(40)23-35(34)53(48,49)50)27-10-16-30(17-11-27)39(4-2)37(41)28-12-19-32(20-13-28)51(42,43)44/h5-23,37,41H,3-4,24H2,1-2H3,(H3,42,43,44,45,46,47,48,49,50)/p+1. The second-order valence-corrected chi connectivity index (χ2v) is 16.2. The second-order valence-electron chi connectivity index (χ2n) is 12.0. The van der Waals surface area contributed by atoms with Crippen molar-refractivity contribution in [3.05, 3.63) is 143 Å². The number of allylic oxidation sites excluding steroid dienone is 5. The summed E-state index contributed by atoms with van der Waals surface area (Å²) in [6.45, 7) is 4.90. The van der Waals surface area contributed by atoms with Crippen LogP contribution in [0.5, 0.6) is 5.75 Å². The van der Waals surface area contributed by atoms with Gasteiger partial charge in [0.1, 0.15) is 17.2 Å². The van der Waals surface area contributed by atoms with E-state index >= 15 is 0 Å². The quantitative estimate of drug-likeness (QED) is 0.0709. The molecule has 0 radical (unpaired) electrons. The molecule has 4 aromatic rings. The van der Waals surface area contributed by atoms with Crippen LogP contribution in [0.25, 0.3) is 5.57 Å². The maximum atomic E-state index is 12.6. The number of aliphatic hydroxyl groups is 1. The van der Waals surface area contributed by atoms with Gasteiger partial charge < -0.3 is 15.1 Å². The van der Waals surface area contributed by atoms with Crippen LogP contribution in [-0.4, -0.2) is 72.5 Å². The minimum Gasteiger partial charge on any atom is -0.508 e. The predicted octanol–water partition coefficient (Wildman–Crippen LogP) is 5.25. The summed E-state index contributed by atoms with van der Waals surface area (Å²) in [7, 11) is -13.6. The van der Waals surface area contributed by atoms with E-state index in [2.05, 4.69) is 0 Å². The van der Waals surface area contributed by atoms with Gasteiger partial charge in [0, 0.05) is 47.1 Å². The Morgan fingerprint density at radius 3 is 1.89 bits per heavy atom. The number of anilines is 1. The van der Waals surface area contributed by atoms with E-state index in [1.54, 1.807) is 59.5 Å². The number of rotatable bonds is 12. The third kappa shape index (κ3) is 9.17. The Hall–Kier alpha value is -4.94. The van der Waals surface area contributed by atoms with Crippen molar-refractivity contribution in [2.45, 2.75) is 41.3 Å². The zero-order chi connectivity index (χ0) is 38.7. The SMILES string of the molecule is CCN(c1ccc(C(=C2C=CC(=[N+](CC)Cc3cccc(S(=O)(=O)O)c3)C=C2)c2ccc(O)cc2S(=O)(=O)O)cc1)C(O)c1ccc(S(=O)(=O)O)cc1. The summed E-state index contributed by atoms with van der Waals surface area (Å²) in [4.78, 5) is 0.577. The summed E-state index contributed by atoms with van der Waals surface area (Å²) in [5.74, 6) is -0.375. The third-order valence-electron chi connectivity index (χ3n) is 8.58. The highest BCUT2D eigenvalue weighted by Gasteiger charge is 2.24. The topological polar surface area (TPSA) is 210 Å². The van der Waals surface area contributed by atoms with E-state index in [4.69, 9.17) is 0 Å². The van der Waals surface area contributed by atoms with Crippen LogP contribution >= 0.6 is 0 Å². The molecule has 278 valence electrons. The number of aliphatic hydroxyl groups excluding tert-OH is 1. The highest BCUT2D eigenvalue weighted by atomic mass is 32.2. The molecule has 5 rings (SSSR count). The molecule has 4 aromatic carbocycles. The molecule has 0 heterocycles. The summed E-state index contributed by atoms with van der Waals surface area (Å²) in [6.07, 6.45) is 5.92. The lowest BCUT2D eigenvalue weighted by Crippen LogP contribution is -2.28. The van der Waals surface area contributed by atoms with Gasteiger partial charge in [0.2, 0.25) is 0 Å². The molecule has 1 aliphatic rings. The van der Waals surface area contributed by atoms with E-state index in [9.17, 15) is 49.1 Å². The van der Waals surface area contributed by atoms with Gasteiger partial charge in [-0.05, 0) is 91.2 Å². The maximum absolute atomic E-state index is 12.6. The number of nitrogens with zero attached hydrogens (tertiary/aromatic N) is 2. The number of hydrogen-bond donors (Lipinski definition) is 5. The molecule has 53 heavy (non-hydrogen) atoms. The first kappa shape index (κ1) is 39.3. The monoisotopic (exact) mass is 781 g/mol. The molecule has 0 aromatic heterocycles. The van der Waals surface area contributed by atoms with Crippen LogP contribution in [0.3, 0.4) is 0 Å². The van der Waals surface area contributed by atoms with Crippen molar-refractivity contribution >= 4 is 47.3 Å². The van der Waals surface area contributed by atoms with E-state index in [0.717, 1.165) is 11.8 Å². The molecule has 0 saturated carbocycles. The van der Waals surface area contributed by atoms with Crippen LogP contribution in [0.15, 0.2) is 136 Å². The number of phenolic OH excluding ortho intramolecular Hbond substituents is 1. The summed E-state index contributed by atoms with van der Waals surface area (Å²) >= 11 is 0. The molecule has 0 saturated heterocycles. The molecule has 5 N–H and O–H groups in total. The largest absolute Gasteiger partial charge is 0.508 e. The Morgan fingerprint density at radius 1 is 0.717 bits per heavy atom. The molecule has 1 atom stereocenters. The van der Waals surface area contributed by atoms with Crippen LogP contribution in [0, 0.1) is 0 Å². The Labute approximate surface area is 308 Å². The predicted molar refractivity (Wildman–Crippen MR) is 199 cm³/mol. The summed E-state index contributed by atoms with van der Waals surface area (Å²) in [6, 6.07) is 21.6. The minimum absolute atomic E-state index is 0.103. The van der Waals surface area contributed by atoms with E-state index in [0.29, 0.717) is 53.2 Å². The lowest BCUT2D eigenvalue weighted by Gasteiger charge is -2.29. The first-order valence-electron chi connectivity index (χ1n) is 16.1. The summed E-state index contributed by atoms with van der Waals surface area (Å²) in [5.41, 5.74) is 3.89. The Morgan fingerprint density at radius 2 is 1.34 bits per heavy atom. The second kappa shape index (κ2) is 15.6. The number of phenols is 1. The normalized spacial score (nSPS) is 13.9. The lowest BCUT2D eigenvalue weighted by molar-refractivity contribution is -0.539. The van der Waals surface area contributed by atoms with Crippen molar-refractivity contribution in [1.82, 2.24) is 0 Å². The van der Waals surface area contributed by atoms with Crippen molar-refractivity contribution < 1.29 is 53.7 Å². The minimum atomic E-state index is -4.82. The van der Waals surface area contributed by atoms with E-state index in [-0.39, 0.29) is 21.1 Å². The Balaban J connectivity index is 1.57. The van der Waals surface area contributed by atoms with Crippen molar-refractivity contribution in [2.24, 2.45) is 0 Å². The molecule has 13 nitrogen and oxygen atoms in total. The fourth-order valence-corrected chi connectivity index (χ4v) is 7.71. The third-order valence-corrected chi connectivity index (χ3v) is 11.2. The fourth-order valence-electron chi connectivity index (χ4n) is 5.97. The van der Waals surface area contributed by atoms with Gasteiger partial charge in [0.25, 0.3) is 30.4 Å². The molecule has 0 aliphatic heterocycles. The van der Waals surface area contributed by atoms with Crippen molar-refractivity contribution in [2.75, 3.05) is 18.0 Å². The average Bonchev–Trinajstić information content (AvgIpc) is 3.11. The Bertz CT molecular complexity index is 2470. The number of hydrogen-bond acceptors (Lipinski definition) is 9. The Kier molecular flexibility index (Phi) is 11.5. The van der Waals surface area contributed by atoms with E-state index < -0.39 is 41.5 Å². The molecule has 0 fully saturated rings. The highest BCUT2D eigenvalue weighted by molar-refractivity contribution is 7.86. The van der Waals surface area contributed by atoms with Crippen LogP contribution < -0.4 is 4.90 Å². The number of benzene rings is 4. The first-order valence-corrected chi connectivity index (χ1v) is 20.4. The zero-order valence-electron chi connectivity index (χ0n) is 28.5. The number of aromatic hydroxyl groups is 1. The van der Waals surface area contributed by atoms with Gasteiger partial charge in [-0.15, -0.1) is 0 Å². The van der Waals surface area contributed by atoms with Gasteiger partial charge in [0.05, 0.1) is 9.79 Å². The van der Waals surface area contributed by atoms with Gasteiger partial charge in [-0.2, -0.15) is 25.3 Å².